The largest absolute Gasteiger partial charge is 0.387 e. The Bertz CT molecular complexity index is 282. The molecule has 1 atom stereocenters. The SMILES string of the molecule is NC[C@@H](O)c1cc(Cl)cnc1F. The van der Waals surface area contributed by atoms with Crippen molar-refractivity contribution in [1.29, 1.82) is 0 Å². The van der Waals surface area contributed by atoms with Crippen molar-refractivity contribution >= 4 is 11.6 Å². The zero-order valence-corrected chi connectivity index (χ0v) is 6.92. The molecule has 0 aliphatic carbocycles. The van der Waals surface area contributed by atoms with E-state index in [1.54, 1.807) is 0 Å². The van der Waals surface area contributed by atoms with Crippen LogP contribution in [0.2, 0.25) is 5.02 Å². The highest BCUT2D eigenvalue weighted by atomic mass is 35.5. The lowest BCUT2D eigenvalue weighted by Crippen LogP contribution is -2.13. The minimum atomic E-state index is -1.05. The fourth-order valence-corrected chi connectivity index (χ4v) is 0.965. The minimum absolute atomic E-state index is 0.0324. The molecule has 0 saturated heterocycles. The van der Waals surface area contributed by atoms with Crippen LogP contribution in [0.15, 0.2) is 12.3 Å². The lowest BCUT2D eigenvalue weighted by molar-refractivity contribution is 0.180. The van der Waals surface area contributed by atoms with Gasteiger partial charge in [-0.25, -0.2) is 4.98 Å². The standard InChI is InChI=1S/C7H8ClFN2O/c8-4-1-5(6(12)2-10)7(9)11-3-4/h1,3,6,12H,2,10H2/t6-/m1/s1. The Morgan fingerprint density at radius 2 is 2.42 bits per heavy atom. The highest BCUT2D eigenvalue weighted by molar-refractivity contribution is 6.30. The molecule has 12 heavy (non-hydrogen) atoms. The number of pyridine rings is 1. The zero-order chi connectivity index (χ0) is 9.14. The summed E-state index contributed by atoms with van der Waals surface area (Å²) >= 11 is 5.54. The van der Waals surface area contributed by atoms with Crippen molar-refractivity contribution in [2.24, 2.45) is 5.73 Å². The second-order valence-corrected chi connectivity index (χ2v) is 2.72. The molecule has 0 fully saturated rings. The number of nitrogens with zero attached hydrogens (tertiary/aromatic N) is 1. The Hall–Kier alpha value is -0.710. The first kappa shape index (κ1) is 9.38. The van der Waals surface area contributed by atoms with Crippen molar-refractivity contribution in [2.75, 3.05) is 6.54 Å². The van der Waals surface area contributed by atoms with Gasteiger partial charge in [0.15, 0.2) is 0 Å². The topological polar surface area (TPSA) is 59.1 Å². The lowest BCUT2D eigenvalue weighted by Gasteiger charge is -2.07. The Morgan fingerprint density at radius 3 is 3.00 bits per heavy atom. The molecule has 5 heteroatoms. The van der Waals surface area contributed by atoms with E-state index in [4.69, 9.17) is 17.3 Å². The smallest absolute Gasteiger partial charge is 0.218 e. The van der Waals surface area contributed by atoms with Gasteiger partial charge in [0.25, 0.3) is 0 Å². The molecule has 66 valence electrons. The normalized spacial score (nSPS) is 13.0. The Balaban J connectivity index is 3.04. The van der Waals surface area contributed by atoms with Crippen molar-refractivity contribution in [3.63, 3.8) is 0 Å². The van der Waals surface area contributed by atoms with Crippen molar-refractivity contribution in [1.82, 2.24) is 4.98 Å². The Kier molecular flexibility index (Phi) is 2.97. The van der Waals surface area contributed by atoms with Crippen LogP contribution in [0.3, 0.4) is 0 Å². The van der Waals surface area contributed by atoms with Crippen LogP contribution in [-0.4, -0.2) is 16.6 Å². The molecule has 0 bridgehead atoms. The van der Waals surface area contributed by atoms with E-state index in [1.165, 1.54) is 12.3 Å². The van der Waals surface area contributed by atoms with Gasteiger partial charge in [0.2, 0.25) is 5.95 Å². The number of hydrogen-bond acceptors (Lipinski definition) is 3. The highest BCUT2D eigenvalue weighted by Gasteiger charge is 2.12. The third kappa shape index (κ3) is 1.91. The molecule has 0 amide bonds. The third-order valence-corrected chi connectivity index (χ3v) is 1.62. The summed E-state index contributed by atoms with van der Waals surface area (Å²) in [6, 6.07) is 1.31. The number of halogens is 2. The molecule has 0 aromatic carbocycles. The molecule has 0 aliphatic heterocycles. The van der Waals surface area contributed by atoms with E-state index in [-0.39, 0.29) is 17.1 Å². The van der Waals surface area contributed by atoms with E-state index in [1.807, 2.05) is 0 Å². The summed E-state index contributed by atoms with van der Waals surface area (Å²) < 4.78 is 12.8. The van der Waals surface area contributed by atoms with E-state index in [0.717, 1.165) is 0 Å². The predicted octanol–water partition coefficient (Wildman–Crippen LogP) is 0.866. The van der Waals surface area contributed by atoms with E-state index < -0.39 is 12.1 Å². The maximum atomic E-state index is 12.8. The van der Waals surface area contributed by atoms with E-state index in [0.29, 0.717) is 0 Å². The van der Waals surface area contributed by atoms with Gasteiger partial charge < -0.3 is 10.8 Å². The number of aromatic nitrogens is 1. The summed E-state index contributed by atoms with van der Waals surface area (Å²) in [4.78, 5) is 3.33. The average molecular weight is 191 g/mol. The fraction of sp³-hybridized carbons (Fsp3) is 0.286. The molecule has 0 aliphatic rings. The predicted molar refractivity (Wildman–Crippen MR) is 43.2 cm³/mol. The first-order valence-corrected chi connectivity index (χ1v) is 3.72. The summed E-state index contributed by atoms with van der Waals surface area (Å²) in [6.45, 7) is -0.0566. The van der Waals surface area contributed by atoms with Crippen LogP contribution in [0.1, 0.15) is 11.7 Å². The number of aliphatic hydroxyl groups excluding tert-OH is 1. The first-order chi connectivity index (χ1) is 5.65. The van der Waals surface area contributed by atoms with E-state index in [9.17, 15) is 9.50 Å². The highest BCUT2D eigenvalue weighted by Crippen LogP contribution is 2.18. The second kappa shape index (κ2) is 3.80. The first-order valence-electron chi connectivity index (χ1n) is 3.34. The number of nitrogens with two attached hydrogens (primary N) is 1. The number of rotatable bonds is 2. The molecule has 1 heterocycles. The van der Waals surface area contributed by atoms with Crippen molar-refractivity contribution in [3.8, 4) is 0 Å². The van der Waals surface area contributed by atoms with E-state index in [2.05, 4.69) is 4.98 Å². The third-order valence-electron chi connectivity index (χ3n) is 1.42. The van der Waals surface area contributed by atoms with Crippen LogP contribution < -0.4 is 5.73 Å². The van der Waals surface area contributed by atoms with Crippen LogP contribution in [0.4, 0.5) is 4.39 Å². The molecule has 3 N–H and O–H groups in total. The Morgan fingerprint density at radius 1 is 1.75 bits per heavy atom. The summed E-state index contributed by atoms with van der Waals surface area (Å²) in [6.07, 6.45) is 0.125. The van der Waals surface area contributed by atoms with Crippen LogP contribution in [0, 0.1) is 5.95 Å². The van der Waals surface area contributed by atoms with Crippen molar-refractivity contribution < 1.29 is 9.50 Å². The lowest BCUT2D eigenvalue weighted by atomic mass is 10.1. The minimum Gasteiger partial charge on any atom is -0.387 e. The quantitative estimate of drug-likeness (QED) is 0.681. The van der Waals surface area contributed by atoms with Crippen LogP contribution in [-0.2, 0) is 0 Å². The van der Waals surface area contributed by atoms with Crippen LogP contribution >= 0.6 is 11.6 Å². The second-order valence-electron chi connectivity index (χ2n) is 2.29. The monoisotopic (exact) mass is 190 g/mol. The molecular formula is C7H8ClFN2O. The summed E-state index contributed by atoms with van der Waals surface area (Å²) in [5.74, 6) is -0.739. The molecule has 1 aromatic heterocycles. The molecule has 1 aromatic rings. The molecular weight excluding hydrogens is 183 g/mol. The maximum absolute atomic E-state index is 12.8. The van der Waals surface area contributed by atoms with Gasteiger partial charge in [-0.1, -0.05) is 11.6 Å². The zero-order valence-electron chi connectivity index (χ0n) is 6.17. The summed E-state index contributed by atoms with van der Waals surface area (Å²) in [5.41, 5.74) is 5.17. The molecule has 0 unspecified atom stereocenters. The fourth-order valence-electron chi connectivity index (χ4n) is 0.799. The number of aliphatic hydroxyl groups is 1. The van der Waals surface area contributed by atoms with Gasteiger partial charge in [-0.05, 0) is 6.07 Å². The molecule has 0 saturated carbocycles. The number of hydrogen-bond donors (Lipinski definition) is 2. The van der Waals surface area contributed by atoms with Gasteiger partial charge in [-0.2, -0.15) is 4.39 Å². The van der Waals surface area contributed by atoms with Gasteiger partial charge in [0.1, 0.15) is 0 Å². The average Bonchev–Trinajstić information content (AvgIpc) is 2.08. The molecule has 0 spiro atoms. The van der Waals surface area contributed by atoms with Gasteiger partial charge in [-0.15, -0.1) is 0 Å². The van der Waals surface area contributed by atoms with Crippen LogP contribution in [0.5, 0.6) is 0 Å². The van der Waals surface area contributed by atoms with Crippen LogP contribution in [0.25, 0.3) is 0 Å². The van der Waals surface area contributed by atoms with Gasteiger partial charge in [0.05, 0.1) is 11.1 Å². The van der Waals surface area contributed by atoms with Gasteiger partial charge in [0, 0.05) is 18.3 Å². The molecule has 0 radical (unpaired) electrons. The van der Waals surface area contributed by atoms with E-state index >= 15 is 0 Å². The van der Waals surface area contributed by atoms with Crippen molar-refractivity contribution in [3.05, 3.63) is 28.8 Å². The summed E-state index contributed by atoms with van der Waals surface area (Å²) in [5, 5.41) is 9.45. The van der Waals surface area contributed by atoms with Crippen molar-refractivity contribution in [2.45, 2.75) is 6.10 Å². The van der Waals surface area contributed by atoms with Gasteiger partial charge >= 0.3 is 0 Å². The Labute approximate surface area is 74.0 Å². The molecule has 1 rings (SSSR count). The maximum Gasteiger partial charge on any atom is 0.218 e. The molecule has 3 nitrogen and oxygen atoms in total. The summed E-state index contributed by atoms with van der Waals surface area (Å²) in [7, 11) is 0. The van der Waals surface area contributed by atoms with Gasteiger partial charge in [-0.3, -0.25) is 0 Å².